The highest BCUT2D eigenvalue weighted by Gasteiger charge is 2.46. The molecular formula is C16H29NO2. The third-order valence-corrected chi connectivity index (χ3v) is 5.37. The average Bonchev–Trinajstić information content (AvgIpc) is 2.98. The van der Waals surface area contributed by atoms with Gasteiger partial charge in [0.25, 0.3) is 0 Å². The standard InChI is InChI=1S/C16H29NO2/c1-5-13-10-12-8-7-9-15(12)17(13)16(18)14(6-2)11(3)19-4/h11-15H,5-10H2,1-4H3/t11?,12?,13-,14?,15?/m1/s1. The van der Waals surface area contributed by atoms with Gasteiger partial charge in [0.15, 0.2) is 0 Å². The lowest BCUT2D eigenvalue weighted by molar-refractivity contribution is -0.143. The molecule has 1 saturated carbocycles. The van der Waals surface area contributed by atoms with Crippen LogP contribution in [0.5, 0.6) is 0 Å². The molecule has 110 valence electrons. The van der Waals surface area contributed by atoms with Crippen LogP contribution in [0.1, 0.15) is 59.3 Å². The predicted octanol–water partition coefficient (Wildman–Crippen LogP) is 3.23. The molecule has 19 heavy (non-hydrogen) atoms. The third-order valence-electron chi connectivity index (χ3n) is 5.37. The number of carbonyl (C=O) groups is 1. The first-order valence-electron chi connectivity index (χ1n) is 7.98. The molecule has 1 heterocycles. The first kappa shape index (κ1) is 14.8. The van der Waals surface area contributed by atoms with E-state index >= 15 is 0 Å². The fraction of sp³-hybridized carbons (Fsp3) is 0.938. The molecule has 0 bridgehead atoms. The number of hydrogen-bond acceptors (Lipinski definition) is 2. The van der Waals surface area contributed by atoms with Gasteiger partial charge < -0.3 is 9.64 Å². The van der Waals surface area contributed by atoms with Crippen molar-refractivity contribution in [2.75, 3.05) is 7.11 Å². The molecule has 0 radical (unpaired) electrons. The molecule has 4 unspecified atom stereocenters. The molecule has 2 rings (SSSR count). The molecule has 1 saturated heterocycles. The monoisotopic (exact) mass is 267 g/mol. The van der Waals surface area contributed by atoms with E-state index in [4.69, 9.17) is 4.74 Å². The largest absolute Gasteiger partial charge is 0.381 e. The van der Waals surface area contributed by atoms with E-state index < -0.39 is 0 Å². The first-order valence-corrected chi connectivity index (χ1v) is 7.98. The van der Waals surface area contributed by atoms with Crippen molar-refractivity contribution in [2.45, 2.75) is 77.5 Å². The average molecular weight is 267 g/mol. The second-order valence-electron chi connectivity index (χ2n) is 6.26. The number of carbonyl (C=O) groups excluding carboxylic acids is 1. The van der Waals surface area contributed by atoms with E-state index in [2.05, 4.69) is 18.7 Å². The molecule has 3 nitrogen and oxygen atoms in total. The zero-order valence-electron chi connectivity index (χ0n) is 12.9. The molecule has 0 spiro atoms. The molecule has 1 aliphatic carbocycles. The zero-order chi connectivity index (χ0) is 14.0. The topological polar surface area (TPSA) is 29.5 Å². The Balaban J connectivity index is 2.15. The molecule has 5 atom stereocenters. The Labute approximate surface area is 117 Å². The van der Waals surface area contributed by atoms with Crippen molar-refractivity contribution in [3.63, 3.8) is 0 Å². The minimum atomic E-state index is 0.0236. The third kappa shape index (κ3) is 2.67. The lowest BCUT2D eigenvalue weighted by Gasteiger charge is -2.34. The zero-order valence-corrected chi connectivity index (χ0v) is 12.9. The molecule has 0 aromatic heterocycles. The summed E-state index contributed by atoms with van der Waals surface area (Å²) >= 11 is 0. The van der Waals surface area contributed by atoms with Gasteiger partial charge in [0.1, 0.15) is 0 Å². The summed E-state index contributed by atoms with van der Waals surface area (Å²) in [5.74, 6) is 1.14. The number of ether oxygens (including phenoxy) is 1. The number of nitrogens with zero attached hydrogens (tertiary/aromatic N) is 1. The SMILES string of the molecule is CCC(C(=O)N1C2CCCC2C[C@H]1CC)C(C)OC. The van der Waals surface area contributed by atoms with Gasteiger partial charge in [-0.05, 0) is 44.9 Å². The van der Waals surface area contributed by atoms with Crippen LogP contribution >= 0.6 is 0 Å². The number of amides is 1. The fourth-order valence-corrected chi connectivity index (χ4v) is 4.16. The van der Waals surface area contributed by atoms with Gasteiger partial charge in [-0.15, -0.1) is 0 Å². The van der Waals surface area contributed by atoms with Crippen molar-refractivity contribution in [1.29, 1.82) is 0 Å². The minimum Gasteiger partial charge on any atom is -0.381 e. The van der Waals surface area contributed by atoms with Crippen LogP contribution < -0.4 is 0 Å². The fourth-order valence-electron chi connectivity index (χ4n) is 4.16. The lowest BCUT2D eigenvalue weighted by Crippen LogP contribution is -2.47. The molecule has 3 heteroatoms. The molecule has 2 aliphatic rings. The van der Waals surface area contributed by atoms with Crippen molar-refractivity contribution in [3.8, 4) is 0 Å². The second-order valence-corrected chi connectivity index (χ2v) is 6.26. The van der Waals surface area contributed by atoms with E-state index in [1.54, 1.807) is 7.11 Å². The maximum absolute atomic E-state index is 12.9. The summed E-state index contributed by atoms with van der Waals surface area (Å²) in [7, 11) is 1.71. The predicted molar refractivity (Wildman–Crippen MR) is 76.9 cm³/mol. The Hall–Kier alpha value is -0.570. The van der Waals surface area contributed by atoms with Crippen LogP contribution in [-0.2, 0) is 9.53 Å². The van der Waals surface area contributed by atoms with Crippen LogP contribution in [0.25, 0.3) is 0 Å². The quantitative estimate of drug-likeness (QED) is 0.765. The highest BCUT2D eigenvalue weighted by atomic mass is 16.5. The van der Waals surface area contributed by atoms with Gasteiger partial charge in [-0.2, -0.15) is 0 Å². The van der Waals surface area contributed by atoms with Crippen molar-refractivity contribution in [3.05, 3.63) is 0 Å². The maximum Gasteiger partial charge on any atom is 0.228 e. The van der Waals surface area contributed by atoms with Gasteiger partial charge in [-0.3, -0.25) is 4.79 Å². The minimum absolute atomic E-state index is 0.0236. The summed E-state index contributed by atoms with van der Waals surface area (Å²) in [6.45, 7) is 6.34. The molecule has 2 fully saturated rings. The number of fused-ring (bicyclic) bond motifs is 1. The summed E-state index contributed by atoms with van der Waals surface area (Å²) in [5, 5.41) is 0. The van der Waals surface area contributed by atoms with Crippen LogP contribution in [0.15, 0.2) is 0 Å². The molecule has 1 amide bonds. The van der Waals surface area contributed by atoms with Gasteiger partial charge in [0.2, 0.25) is 5.91 Å². The normalized spacial score (nSPS) is 33.3. The van der Waals surface area contributed by atoms with Crippen LogP contribution in [-0.4, -0.2) is 36.1 Å². The maximum atomic E-state index is 12.9. The lowest BCUT2D eigenvalue weighted by atomic mass is 9.97. The highest BCUT2D eigenvalue weighted by Crippen LogP contribution is 2.43. The van der Waals surface area contributed by atoms with E-state index in [0.717, 1.165) is 18.8 Å². The Morgan fingerprint density at radius 1 is 1.37 bits per heavy atom. The second kappa shape index (κ2) is 6.25. The van der Waals surface area contributed by atoms with Gasteiger partial charge in [-0.1, -0.05) is 20.3 Å². The Bertz CT molecular complexity index is 318. The Morgan fingerprint density at radius 3 is 2.68 bits per heavy atom. The first-order chi connectivity index (χ1) is 9.13. The highest BCUT2D eigenvalue weighted by molar-refractivity contribution is 5.80. The van der Waals surface area contributed by atoms with Crippen molar-refractivity contribution in [1.82, 2.24) is 4.90 Å². The van der Waals surface area contributed by atoms with Crippen LogP contribution in [0, 0.1) is 11.8 Å². The smallest absolute Gasteiger partial charge is 0.228 e. The summed E-state index contributed by atoms with van der Waals surface area (Å²) in [6, 6.07) is 0.997. The van der Waals surface area contributed by atoms with Crippen LogP contribution in [0.2, 0.25) is 0 Å². The summed E-state index contributed by atoms with van der Waals surface area (Å²) < 4.78 is 5.42. The van der Waals surface area contributed by atoms with Gasteiger partial charge >= 0.3 is 0 Å². The van der Waals surface area contributed by atoms with E-state index in [1.807, 2.05) is 6.92 Å². The van der Waals surface area contributed by atoms with E-state index in [0.29, 0.717) is 18.0 Å². The summed E-state index contributed by atoms with van der Waals surface area (Å²) in [6.07, 6.45) is 7.05. The van der Waals surface area contributed by atoms with Crippen molar-refractivity contribution >= 4 is 5.91 Å². The van der Waals surface area contributed by atoms with E-state index in [1.165, 1.54) is 25.7 Å². The van der Waals surface area contributed by atoms with Crippen LogP contribution in [0.4, 0.5) is 0 Å². The number of rotatable bonds is 5. The van der Waals surface area contributed by atoms with Crippen molar-refractivity contribution < 1.29 is 9.53 Å². The number of likely N-dealkylation sites (tertiary alicyclic amines) is 1. The molecule has 1 aliphatic heterocycles. The number of methoxy groups -OCH3 is 1. The molecule has 0 aromatic rings. The van der Waals surface area contributed by atoms with Crippen LogP contribution in [0.3, 0.4) is 0 Å². The summed E-state index contributed by atoms with van der Waals surface area (Å²) in [4.78, 5) is 15.2. The Kier molecular flexibility index (Phi) is 4.88. The van der Waals surface area contributed by atoms with Gasteiger partial charge in [-0.25, -0.2) is 0 Å². The Morgan fingerprint density at radius 2 is 2.11 bits per heavy atom. The van der Waals surface area contributed by atoms with Crippen molar-refractivity contribution in [2.24, 2.45) is 11.8 Å². The van der Waals surface area contributed by atoms with E-state index in [-0.39, 0.29) is 12.0 Å². The molecule has 0 aromatic carbocycles. The molecular weight excluding hydrogens is 238 g/mol. The summed E-state index contributed by atoms with van der Waals surface area (Å²) in [5.41, 5.74) is 0. The molecule has 0 N–H and O–H groups in total. The van der Waals surface area contributed by atoms with Gasteiger partial charge in [0.05, 0.1) is 12.0 Å². The van der Waals surface area contributed by atoms with E-state index in [9.17, 15) is 4.79 Å². The number of hydrogen-bond donors (Lipinski definition) is 0. The van der Waals surface area contributed by atoms with Gasteiger partial charge in [0, 0.05) is 19.2 Å².